The van der Waals surface area contributed by atoms with Crippen LogP contribution < -0.4 is 5.32 Å². The molecule has 1 N–H and O–H groups in total. The average molecular weight is 280 g/mol. The molecule has 0 spiro atoms. The van der Waals surface area contributed by atoms with E-state index in [4.69, 9.17) is 0 Å². The molecule has 0 aliphatic carbocycles. The lowest BCUT2D eigenvalue weighted by Crippen LogP contribution is -2.32. The second kappa shape index (κ2) is 6.87. The number of likely N-dealkylation sites (tertiary alicyclic amines) is 1. The van der Waals surface area contributed by atoms with E-state index in [0.717, 1.165) is 31.6 Å². The van der Waals surface area contributed by atoms with Crippen LogP contribution in [0.2, 0.25) is 0 Å². The zero-order chi connectivity index (χ0) is 13.8. The molecular weight excluding hydrogens is 252 g/mol. The van der Waals surface area contributed by atoms with Crippen LogP contribution in [0.5, 0.6) is 0 Å². The minimum Gasteiger partial charge on any atom is -0.312 e. The van der Waals surface area contributed by atoms with E-state index in [-0.39, 0.29) is 0 Å². The van der Waals surface area contributed by atoms with Gasteiger partial charge in [-0.1, -0.05) is 20.8 Å². The van der Waals surface area contributed by atoms with Crippen molar-refractivity contribution in [2.45, 2.75) is 59.7 Å². The molecule has 0 amide bonds. The summed E-state index contributed by atoms with van der Waals surface area (Å²) in [5.41, 5.74) is 1.55. The maximum absolute atomic E-state index is 3.42. The van der Waals surface area contributed by atoms with Crippen molar-refractivity contribution in [1.82, 2.24) is 10.2 Å². The third-order valence-electron chi connectivity index (χ3n) is 4.18. The minimum absolute atomic E-state index is 0.780. The Balaban J connectivity index is 2.00. The van der Waals surface area contributed by atoms with Crippen molar-refractivity contribution in [3.05, 3.63) is 21.4 Å². The highest BCUT2D eigenvalue weighted by Crippen LogP contribution is 2.29. The molecule has 1 aromatic heterocycles. The monoisotopic (exact) mass is 280 g/mol. The molecule has 108 valence electrons. The van der Waals surface area contributed by atoms with Crippen LogP contribution in [0.1, 0.15) is 48.9 Å². The smallest absolute Gasteiger partial charge is 0.0299 e. The summed E-state index contributed by atoms with van der Waals surface area (Å²) in [6.07, 6.45) is 2.75. The van der Waals surface area contributed by atoms with Crippen LogP contribution in [-0.4, -0.2) is 24.0 Å². The van der Waals surface area contributed by atoms with E-state index in [1.165, 1.54) is 29.1 Å². The summed E-state index contributed by atoms with van der Waals surface area (Å²) in [6.45, 7) is 13.7. The summed E-state index contributed by atoms with van der Waals surface area (Å²) in [5, 5.41) is 3.42. The molecule has 3 heteroatoms. The number of aryl methyl sites for hydroxylation is 1. The summed E-state index contributed by atoms with van der Waals surface area (Å²) < 4.78 is 0. The van der Waals surface area contributed by atoms with Crippen LogP contribution in [0.3, 0.4) is 0 Å². The summed E-state index contributed by atoms with van der Waals surface area (Å²) >= 11 is 1.96. The van der Waals surface area contributed by atoms with Crippen molar-refractivity contribution >= 4 is 11.3 Å². The molecule has 0 bridgehead atoms. The molecular formula is C16H28N2S. The molecule has 0 radical (unpaired) electrons. The topological polar surface area (TPSA) is 15.3 Å². The molecule has 0 aromatic carbocycles. The fourth-order valence-electron chi connectivity index (χ4n) is 3.10. The molecule has 0 saturated carbocycles. The van der Waals surface area contributed by atoms with Crippen molar-refractivity contribution in [2.75, 3.05) is 13.1 Å². The summed E-state index contributed by atoms with van der Waals surface area (Å²) in [7, 11) is 0. The molecule has 19 heavy (non-hydrogen) atoms. The zero-order valence-electron chi connectivity index (χ0n) is 12.8. The normalized spacial score (nSPS) is 20.6. The van der Waals surface area contributed by atoms with Crippen molar-refractivity contribution in [2.24, 2.45) is 5.92 Å². The van der Waals surface area contributed by atoms with Gasteiger partial charge in [0.15, 0.2) is 0 Å². The van der Waals surface area contributed by atoms with E-state index in [1.807, 2.05) is 11.3 Å². The van der Waals surface area contributed by atoms with Crippen molar-refractivity contribution < 1.29 is 0 Å². The van der Waals surface area contributed by atoms with E-state index in [1.54, 1.807) is 5.56 Å². The van der Waals surface area contributed by atoms with Crippen LogP contribution in [0.4, 0.5) is 0 Å². The maximum atomic E-state index is 3.42. The molecule has 2 heterocycles. The molecule has 1 atom stereocenters. The second-order valence-corrected chi connectivity index (χ2v) is 7.34. The molecule has 1 fully saturated rings. The maximum Gasteiger partial charge on any atom is 0.0299 e. The first kappa shape index (κ1) is 15.0. The fourth-order valence-corrected chi connectivity index (χ4v) is 4.13. The van der Waals surface area contributed by atoms with Gasteiger partial charge in [-0.05, 0) is 50.4 Å². The third kappa shape index (κ3) is 3.80. The van der Waals surface area contributed by atoms with Gasteiger partial charge in [0.25, 0.3) is 0 Å². The summed E-state index contributed by atoms with van der Waals surface area (Å²) in [6, 6.07) is 3.20. The number of rotatable bonds is 6. The van der Waals surface area contributed by atoms with Gasteiger partial charge in [0, 0.05) is 28.9 Å². The predicted molar refractivity (Wildman–Crippen MR) is 84.7 cm³/mol. The largest absolute Gasteiger partial charge is 0.312 e. The van der Waals surface area contributed by atoms with E-state index < -0.39 is 0 Å². The van der Waals surface area contributed by atoms with Gasteiger partial charge in [0.05, 0.1) is 0 Å². The Morgan fingerprint density at radius 3 is 2.95 bits per heavy atom. The van der Waals surface area contributed by atoms with E-state index >= 15 is 0 Å². The lowest BCUT2D eigenvalue weighted by atomic mass is 10.0. The quantitative estimate of drug-likeness (QED) is 0.853. The van der Waals surface area contributed by atoms with Gasteiger partial charge in [-0.2, -0.15) is 0 Å². The molecule has 1 aliphatic rings. The van der Waals surface area contributed by atoms with Gasteiger partial charge in [-0.25, -0.2) is 0 Å². The summed E-state index contributed by atoms with van der Waals surface area (Å²) in [5.74, 6) is 0.780. The van der Waals surface area contributed by atoms with Crippen molar-refractivity contribution in [3.63, 3.8) is 0 Å². The first-order valence-electron chi connectivity index (χ1n) is 7.64. The van der Waals surface area contributed by atoms with Crippen molar-refractivity contribution in [1.29, 1.82) is 0 Å². The Bertz CT molecular complexity index is 397. The van der Waals surface area contributed by atoms with Crippen LogP contribution in [-0.2, 0) is 13.1 Å². The number of thiophene rings is 1. The molecule has 1 unspecified atom stereocenters. The molecule has 2 nitrogen and oxygen atoms in total. The van der Waals surface area contributed by atoms with E-state index in [9.17, 15) is 0 Å². The number of nitrogens with one attached hydrogen (secondary N) is 1. The van der Waals surface area contributed by atoms with Gasteiger partial charge in [-0.3, -0.25) is 4.90 Å². The number of hydrogen-bond donors (Lipinski definition) is 1. The van der Waals surface area contributed by atoms with Crippen LogP contribution >= 0.6 is 11.3 Å². The number of hydrogen-bond acceptors (Lipinski definition) is 3. The van der Waals surface area contributed by atoms with Gasteiger partial charge in [0.2, 0.25) is 0 Å². The molecule has 1 aliphatic heterocycles. The zero-order valence-corrected chi connectivity index (χ0v) is 13.6. The standard InChI is InChI=1S/C16H28N2S/c1-5-17-10-15-9-14(13(4)19-15)11-18-8-6-7-16(18)12(2)3/h9,12,16-17H,5-8,10-11H2,1-4H3. The average Bonchev–Trinajstić information content (AvgIpc) is 2.95. The molecule has 2 rings (SSSR count). The van der Waals surface area contributed by atoms with Gasteiger partial charge in [-0.15, -0.1) is 11.3 Å². The van der Waals surface area contributed by atoms with Crippen LogP contribution in [0.25, 0.3) is 0 Å². The van der Waals surface area contributed by atoms with E-state index in [0.29, 0.717) is 0 Å². The van der Waals surface area contributed by atoms with Gasteiger partial charge < -0.3 is 5.32 Å². The third-order valence-corrected chi connectivity index (χ3v) is 5.27. The first-order chi connectivity index (χ1) is 9.11. The SMILES string of the molecule is CCNCc1cc(CN2CCCC2C(C)C)c(C)s1. The highest BCUT2D eigenvalue weighted by atomic mass is 32.1. The Labute approximate surface area is 122 Å². The van der Waals surface area contributed by atoms with Crippen molar-refractivity contribution in [3.8, 4) is 0 Å². The Morgan fingerprint density at radius 1 is 1.47 bits per heavy atom. The Morgan fingerprint density at radius 2 is 2.26 bits per heavy atom. The minimum atomic E-state index is 0.780. The highest BCUT2D eigenvalue weighted by Gasteiger charge is 2.27. The van der Waals surface area contributed by atoms with Crippen LogP contribution in [0, 0.1) is 12.8 Å². The first-order valence-corrected chi connectivity index (χ1v) is 8.46. The summed E-state index contributed by atoms with van der Waals surface area (Å²) in [4.78, 5) is 5.67. The van der Waals surface area contributed by atoms with Gasteiger partial charge >= 0.3 is 0 Å². The van der Waals surface area contributed by atoms with Gasteiger partial charge in [0.1, 0.15) is 0 Å². The fraction of sp³-hybridized carbons (Fsp3) is 0.750. The van der Waals surface area contributed by atoms with Crippen LogP contribution in [0.15, 0.2) is 6.07 Å². The number of nitrogens with zero attached hydrogens (tertiary/aromatic N) is 1. The lowest BCUT2D eigenvalue weighted by Gasteiger charge is -2.27. The molecule has 1 saturated heterocycles. The second-order valence-electron chi connectivity index (χ2n) is 6.00. The molecule has 1 aromatic rings. The van der Waals surface area contributed by atoms with E-state index in [2.05, 4.69) is 44.0 Å². The highest BCUT2D eigenvalue weighted by molar-refractivity contribution is 7.12. The Hall–Kier alpha value is -0.380. The lowest BCUT2D eigenvalue weighted by molar-refractivity contribution is 0.199. The predicted octanol–water partition coefficient (Wildman–Crippen LogP) is 3.79. The Kier molecular flexibility index (Phi) is 5.43.